The topological polar surface area (TPSA) is 106 Å². The lowest BCUT2D eigenvalue weighted by Crippen LogP contribution is -2.49. The number of halogens is 2. The first-order valence-corrected chi connectivity index (χ1v) is 10.3. The fourth-order valence-corrected chi connectivity index (χ4v) is 4.22. The molecule has 4 rings (SSSR count). The van der Waals surface area contributed by atoms with E-state index in [0.29, 0.717) is 35.3 Å². The Bertz CT molecular complexity index is 1150. The van der Waals surface area contributed by atoms with E-state index >= 15 is 0 Å². The zero-order chi connectivity index (χ0) is 22.1. The third-order valence-electron chi connectivity index (χ3n) is 5.64. The van der Waals surface area contributed by atoms with Gasteiger partial charge in [-0.05, 0) is 31.9 Å². The van der Waals surface area contributed by atoms with Crippen LogP contribution in [0.5, 0.6) is 0 Å². The number of nitrogens with zero attached hydrogens (tertiary/aromatic N) is 4. The first-order valence-electron chi connectivity index (χ1n) is 9.94. The fraction of sp³-hybridized carbons (Fsp3) is 0.333. The van der Waals surface area contributed by atoms with Crippen LogP contribution in [0.4, 0.5) is 10.2 Å². The van der Waals surface area contributed by atoms with Gasteiger partial charge < -0.3 is 20.5 Å². The number of hydrogen-bond donors (Lipinski definition) is 2. The summed E-state index contributed by atoms with van der Waals surface area (Å²) in [7, 11) is 0. The second-order valence-electron chi connectivity index (χ2n) is 7.61. The standard InChI is InChI=1S/C21H22ClFN6O2/c1-12-5-6-16(21(31)25-9-13-3-2-4-15(22)18(13)23)29(12)17(30)10-28-8-7-14-19(24)26-11-27-20(14)28/h2-4,7-8,11-12,16H,5-6,9-10H2,1H3,(H,25,31)(H2,24,26,27)/t12-,16+/m1/s1. The van der Waals surface area contributed by atoms with Gasteiger partial charge in [0.05, 0.1) is 10.4 Å². The number of benzene rings is 1. The van der Waals surface area contributed by atoms with Crippen molar-refractivity contribution in [1.82, 2.24) is 24.8 Å². The summed E-state index contributed by atoms with van der Waals surface area (Å²) in [5.41, 5.74) is 6.71. The molecule has 2 aromatic heterocycles. The fourth-order valence-electron chi connectivity index (χ4n) is 4.02. The second kappa shape index (κ2) is 8.50. The van der Waals surface area contributed by atoms with Crippen molar-refractivity contribution in [3.63, 3.8) is 0 Å². The lowest BCUT2D eigenvalue weighted by atomic mass is 10.1. The summed E-state index contributed by atoms with van der Waals surface area (Å²) in [5.74, 6) is -0.732. The SMILES string of the molecule is C[C@@H]1CC[C@@H](C(=O)NCc2cccc(Cl)c2F)N1C(=O)Cn1ccc2c(N)ncnc21. The van der Waals surface area contributed by atoms with E-state index in [2.05, 4.69) is 15.3 Å². The van der Waals surface area contributed by atoms with Crippen LogP contribution < -0.4 is 11.1 Å². The zero-order valence-electron chi connectivity index (χ0n) is 16.9. The van der Waals surface area contributed by atoms with Crippen molar-refractivity contribution in [3.05, 3.63) is 53.2 Å². The van der Waals surface area contributed by atoms with Gasteiger partial charge in [-0.25, -0.2) is 14.4 Å². The van der Waals surface area contributed by atoms with Crippen molar-refractivity contribution < 1.29 is 14.0 Å². The van der Waals surface area contributed by atoms with E-state index in [1.807, 2.05) is 6.92 Å². The Hall–Kier alpha value is -3.20. The van der Waals surface area contributed by atoms with Gasteiger partial charge in [0, 0.05) is 24.3 Å². The van der Waals surface area contributed by atoms with E-state index in [1.54, 1.807) is 33.9 Å². The highest BCUT2D eigenvalue weighted by Crippen LogP contribution is 2.26. The van der Waals surface area contributed by atoms with Gasteiger partial charge in [0.1, 0.15) is 36.2 Å². The van der Waals surface area contributed by atoms with Gasteiger partial charge in [0.15, 0.2) is 0 Å². The molecule has 1 aliphatic heterocycles. The number of rotatable bonds is 5. The molecule has 1 aliphatic rings. The van der Waals surface area contributed by atoms with E-state index < -0.39 is 11.9 Å². The molecule has 1 aromatic carbocycles. The van der Waals surface area contributed by atoms with E-state index in [4.69, 9.17) is 17.3 Å². The van der Waals surface area contributed by atoms with Crippen LogP contribution in [-0.4, -0.2) is 43.3 Å². The highest BCUT2D eigenvalue weighted by atomic mass is 35.5. The Morgan fingerprint density at radius 2 is 2.10 bits per heavy atom. The van der Waals surface area contributed by atoms with Crippen molar-refractivity contribution in [2.45, 2.75) is 44.9 Å². The third-order valence-corrected chi connectivity index (χ3v) is 5.93. The first-order chi connectivity index (χ1) is 14.9. The highest BCUT2D eigenvalue weighted by Gasteiger charge is 2.38. The molecule has 0 aliphatic carbocycles. The van der Waals surface area contributed by atoms with Gasteiger partial charge in [0.2, 0.25) is 11.8 Å². The maximum absolute atomic E-state index is 14.1. The number of nitrogens with two attached hydrogens (primary N) is 1. The maximum atomic E-state index is 14.1. The second-order valence-corrected chi connectivity index (χ2v) is 8.02. The van der Waals surface area contributed by atoms with Crippen LogP contribution >= 0.6 is 11.6 Å². The minimum absolute atomic E-state index is 0.00133. The van der Waals surface area contributed by atoms with E-state index in [0.717, 1.165) is 0 Å². The van der Waals surface area contributed by atoms with Crippen molar-refractivity contribution in [2.75, 3.05) is 5.73 Å². The molecule has 0 bridgehead atoms. The van der Waals surface area contributed by atoms with Gasteiger partial charge in [0.25, 0.3) is 0 Å². The van der Waals surface area contributed by atoms with Crippen molar-refractivity contribution in [2.24, 2.45) is 0 Å². The van der Waals surface area contributed by atoms with Crippen LogP contribution in [0.3, 0.4) is 0 Å². The third kappa shape index (κ3) is 4.05. The molecule has 8 nitrogen and oxygen atoms in total. The number of amides is 2. The monoisotopic (exact) mass is 444 g/mol. The van der Waals surface area contributed by atoms with Gasteiger partial charge in [-0.1, -0.05) is 23.7 Å². The largest absolute Gasteiger partial charge is 0.383 e. The average molecular weight is 445 g/mol. The van der Waals surface area contributed by atoms with Gasteiger partial charge in [-0.3, -0.25) is 9.59 Å². The first kappa shape index (κ1) is 21.0. The van der Waals surface area contributed by atoms with E-state index in [-0.39, 0.29) is 36.0 Å². The lowest BCUT2D eigenvalue weighted by Gasteiger charge is -2.28. The van der Waals surface area contributed by atoms with E-state index in [9.17, 15) is 14.0 Å². The summed E-state index contributed by atoms with van der Waals surface area (Å²) in [6, 6.07) is 5.68. The Morgan fingerprint density at radius 3 is 2.90 bits per heavy atom. The van der Waals surface area contributed by atoms with Crippen LogP contribution in [0.15, 0.2) is 36.8 Å². The minimum atomic E-state index is -0.619. The molecule has 0 unspecified atom stereocenters. The van der Waals surface area contributed by atoms with Crippen LogP contribution in [0.1, 0.15) is 25.3 Å². The quantitative estimate of drug-likeness (QED) is 0.629. The number of fused-ring (bicyclic) bond motifs is 1. The Kier molecular flexibility index (Phi) is 5.77. The molecule has 0 saturated carbocycles. The van der Waals surface area contributed by atoms with Gasteiger partial charge in [-0.2, -0.15) is 0 Å². The van der Waals surface area contributed by atoms with Gasteiger partial charge >= 0.3 is 0 Å². The molecule has 10 heteroatoms. The number of nitrogen functional groups attached to an aromatic ring is 1. The molecule has 0 spiro atoms. The number of aromatic nitrogens is 3. The summed E-state index contributed by atoms with van der Waals surface area (Å²) in [5, 5.41) is 3.41. The number of carbonyl (C=O) groups excluding carboxylic acids is 2. The molecule has 1 fully saturated rings. The maximum Gasteiger partial charge on any atom is 0.243 e. The molecular formula is C21H22ClFN6O2. The zero-order valence-corrected chi connectivity index (χ0v) is 17.6. The molecule has 31 heavy (non-hydrogen) atoms. The predicted molar refractivity (Wildman–Crippen MR) is 115 cm³/mol. The normalized spacial score (nSPS) is 18.5. The highest BCUT2D eigenvalue weighted by molar-refractivity contribution is 6.30. The van der Waals surface area contributed by atoms with Crippen LogP contribution in [0.2, 0.25) is 5.02 Å². The molecule has 2 amide bonds. The average Bonchev–Trinajstić information content (AvgIpc) is 3.33. The molecule has 3 aromatic rings. The van der Waals surface area contributed by atoms with Crippen molar-refractivity contribution in [1.29, 1.82) is 0 Å². The van der Waals surface area contributed by atoms with Crippen molar-refractivity contribution >= 4 is 40.3 Å². The molecule has 3 heterocycles. The van der Waals surface area contributed by atoms with Crippen LogP contribution in [0.25, 0.3) is 11.0 Å². The van der Waals surface area contributed by atoms with Gasteiger partial charge in [-0.15, -0.1) is 0 Å². The Balaban J connectivity index is 1.47. The number of anilines is 1. The number of hydrogen-bond acceptors (Lipinski definition) is 5. The summed E-state index contributed by atoms with van der Waals surface area (Å²) < 4.78 is 15.8. The van der Waals surface area contributed by atoms with Crippen LogP contribution in [-0.2, 0) is 22.7 Å². The molecule has 0 radical (unpaired) electrons. The summed E-state index contributed by atoms with van der Waals surface area (Å²) in [4.78, 5) is 35.7. The number of carbonyl (C=O) groups is 2. The van der Waals surface area contributed by atoms with Crippen LogP contribution in [0, 0.1) is 5.82 Å². The number of likely N-dealkylation sites (tertiary alicyclic amines) is 1. The summed E-state index contributed by atoms with van der Waals surface area (Å²) >= 11 is 5.80. The molecule has 1 saturated heterocycles. The smallest absolute Gasteiger partial charge is 0.243 e. The molecule has 2 atom stereocenters. The summed E-state index contributed by atoms with van der Waals surface area (Å²) in [6.45, 7) is 1.93. The minimum Gasteiger partial charge on any atom is -0.383 e. The van der Waals surface area contributed by atoms with Crippen molar-refractivity contribution in [3.8, 4) is 0 Å². The molecule has 162 valence electrons. The lowest BCUT2D eigenvalue weighted by molar-refractivity contribution is -0.140. The predicted octanol–water partition coefficient (Wildman–Crippen LogP) is 2.50. The summed E-state index contributed by atoms with van der Waals surface area (Å²) in [6.07, 6.45) is 4.32. The number of nitrogens with one attached hydrogen (secondary N) is 1. The molecule has 3 N–H and O–H groups in total. The van der Waals surface area contributed by atoms with E-state index in [1.165, 1.54) is 12.4 Å². The Morgan fingerprint density at radius 1 is 1.29 bits per heavy atom. The Labute approximate surface area is 183 Å². The molecular weight excluding hydrogens is 423 g/mol.